The van der Waals surface area contributed by atoms with E-state index >= 15 is 0 Å². The first-order valence-electron chi connectivity index (χ1n) is 9.99. The molecule has 1 aromatic heterocycles. The minimum absolute atomic E-state index is 0. The van der Waals surface area contributed by atoms with Gasteiger partial charge in [-0.3, -0.25) is 9.56 Å². The van der Waals surface area contributed by atoms with Gasteiger partial charge in [0.05, 0.1) is 0 Å². The van der Waals surface area contributed by atoms with Gasteiger partial charge in [0.25, 0.3) is 0 Å². The van der Waals surface area contributed by atoms with Crippen LogP contribution in [0.15, 0.2) is 34.1 Å². The Bertz CT molecular complexity index is 861. The summed E-state index contributed by atoms with van der Waals surface area (Å²) in [4.78, 5) is 19.2. The number of nitrogens with one attached hydrogen (secondary N) is 1. The molecule has 29 heavy (non-hydrogen) atoms. The van der Waals surface area contributed by atoms with Gasteiger partial charge in [-0.15, -0.1) is 24.0 Å². The van der Waals surface area contributed by atoms with Crippen molar-refractivity contribution in [3.63, 3.8) is 0 Å². The largest absolute Gasteiger partial charge is 0.357 e. The van der Waals surface area contributed by atoms with Crippen LogP contribution >= 0.6 is 35.6 Å². The third-order valence-corrected chi connectivity index (χ3v) is 5.10. The molecule has 0 aliphatic carbocycles. The van der Waals surface area contributed by atoms with Crippen molar-refractivity contribution in [1.29, 1.82) is 0 Å². The predicted octanol–water partition coefficient (Wildman–Crippen LogP) is 3.14. The lowest BCUT2D eigenvalue weighted by molar-refractivity contribution is 0.474. The normalized spacial score (nSPS) is 13.6. The first kappa shape index (κ1) is 23.7. The van der Waals surface area contributed by atoms with E-state index in [1.54, 1.807) is 4.68 Å². The molecule has 1 N–H and O–H groups in total. The molecule has 0 saturated carbocycles. The zero-order chi connectivity index (χ0) is 19.9. The van der Waals surface area contributed by atoms with Crippen LogP contribution in [0.25, 0.3) is 0 Å². The number of halogens is 2. The van der Waals surface area contributed by atoms with E-state index in [-0.39, 0.29) is 29.7 Å². The summed E-state index contributed by atoms with van der Waals surface area (Å²) in [6, 6.07) is 7.85. The summed E-state index contributed by atoms with van der Waals surface area (Å²) in [7, 11) is 2.02. The number of aromatic nitrogens is 3. The Morgan fingerprint density at radius 2 is 2.07 bits per heavy atom. The summed E-state index contributed by atoms with van der Waals surface area (Å²) in [5.74, 6) is 1.78. The van der Waals surface area contributed by atoms with Crippen LogP contribution in [0.5, 0.6) is 0 Å². The average Bonchev–Trinajstić information content (AvgIpc) is 3.02. The molecule has 0 amide bonds. The van der Waals surface area contributed by atoms with Crippen molar-refractivity contribution in [2.45, 2.75) is 52.2 Å². The van der Waals surface area contributed by atoms with Crippen molar-refractivity contribution in [3.8, 4) is 0 Å². The van der Waals surface area contributed by atoms with Gasteiger partial charge in [-0.1, -0.05) is 23.7 Å². The monoisotopic (exact) mass is 532 g/mol. The third kappa shape index (κ3) is 6.47. The van der Waals surface area contributed by atoms with Gasteiger partial charge in [-0.25, -0.2) is 9.48 Å². The molecule has 1 aliphatic rings. The predicted molar refractivity (Wildman–Crippen MR) is 128 cm³/mol. The fourth-order valence-corrected chi connectivity index (χ4v) is 3.53. The molecule has 9 heteroatoms. The highest BCUT2D eigenvalue weighted by Gasteiger charge is 2.16. The SMILES string of the molecule is CCNC(=NCCCn1nc2n(c1=O)CCCC2)N(C)Cc1ccc(Cl)cc1.I. The van der Waals surface area contributed by atoms with E-state index in [2.05, 4.69) is 22.2 Å². The molecule has 0 bridgehead atoms. The number of guanidine groups is 1. The molecular formula is C20H30ClIN6O. The van der Waals surface area contributed by atoms with Crippen LogP contribution < -0.4 is 11.0 Å². The van der Waals surface area contributed by atoms with Crippen molar-refractivity contribution in [2.75, 3.05) is 20.1 Å². The lowest BCUT2D eigenvalue weighted by atomic mass is 10.2. The molecule has 0 radical (unpaired) electrons. The highest BCUT2D eigenvalue weighted by molar-refractivity contribution is 14.0. The zero-order valence-corrected chi connectivity index (χ0v) is 20.2. The molecule has 2 aromatic rings. The van der Waals surface area contributed by atoms with Crippen LogP contribution in [0.3, 0.4) is 0 Å². The Labute approximate surface area is 194 Å². The molecule has 0 spiro atoms. The molecule has 160 valence electrons. The first-order chi connectivity index (χ1) is 13.6. The zero-order valence-electron chi connectivity index (χ0n) is 17.1. The van der Waals surface area contributed by atoms with Crippen LogP contribution in [-0.2, 0) is 26.1 Å². The van der Waals surface area contributed by atoms with Gasteiger partial charge in [0.15, 0.2) is 5.96 Å². The lowest BCUT2D eigenvalue weighted by Gasteiger charge is -2.22. The lowest BCUT2D eigenvalue weighted by Crippen LogP contribution is -2.38. The Morgan fingerprint density at radius 1 is 1.31 bits per heavy atom. The van der Waals surface area contributed by atoms with Gasteiger partial charge in [-0.2, -0.15) is 5.10 Å². The molecule has 2 heterocycles. The number of aliphatic imine (C=N–C) groups is 1. The number of aryl methyl sites for hydroxylation is 2. The first-order valence-corrected chi connectivity index (χ1v) is 10.4. The molecule has 1 aliphatic heterocycles. The summed E-state index contributed by atoms with van der Waals surface area (Å²) in [6.45, 7) is 5.64. The van der Waals surface area contributed by atoms with Gasteiger partial charge >= 0.3 is 5.69 Å². The Hall–Kier alpha value is -1.55. The van der Waals surface area contributed by atoms with Crippen molar-refractivity contribution >= 4 is 41.5 Å². The number of benzene rings is 1. The average molecular weight is 533 g/mol. The van der Waals surface area contributed by atoms with E-state index in [1.807, 2.05) is 35.9 Å². The highest BCUT2D eigenvalue weighted by atomic mass is 127. The smallest absolute Gasteiger partial charge is 0.345 e. The van der Waals surface area contributed by atoms with E-state index in [4.69, 9.17) is 16.6 Å². The number of hydrogen-bond donors (Lipinski definition) is 1. The van der Waals surface area contributed by atoms with Gasteiger partial charge in [-0.05, 0) is 43.9 Å². The number of hydrogen-bond acceptors (Lipinski definition) is 3. The van der Waals surface area contributed by atoms with Gasteiger partial charge in [0, 0.05) is 51.2 Å². The van der Waals surface area contributed by atoms with Gasteiger partial charge in [0.2, 0.25) is 0 Å². The van der Waals surface area contributed by atoms with E-state index in [9.17, 15) is 4.79 Å². The van der Waals surface area contributed by atoms with E-state index in [0.717, 1.165) is 62.1 Å². The number of nitrogens with zero attached hydrogens (tertiary/aromatic N) is 5. The minimum atomic E-state index is 0. The quantitative estimate of drug-likeness (QED) is 0.258. The summed E-state index contributed by atoms with van der Waals surface area (Å²) in [5.41, 5.74) is 1.19. The second-order valence-electron chi connectivity index (χ2n) is 7.10. The van der Waals surface area contributed by atoms with Crippen LogP contribution in [-0.4, -0.2) is 45.3 Å². The Balaban J connectivity index is 0.00000300. The molecule has 0 saturated heterocycles. The molecule has 1 aromatic carbocycles. The third-order valence-electron chi connectivity index (χ3n) is 4.85. The molecule has 3 rings (SSSR count). The summed E-state index contributed by atoms with van der Waals surface area (Å²) in [5, 5.41) is 8.55. The van der Waals surface area contributed by atoms with Crippen molar-refractivity contribution in [3.05, 3.63) is 51.2 Å². The fourth-order valence-electron chi connectivity index (χ4n) is 3.41. The number of fused-ring (bicyclic) bond motifs is 1. The highest BCUT2D eigenvalue weighted by Crippen LogP contribution is 2.11. The maximum atomic E-state index is 12.4. The van der Waals surface area contributed by atoms with E-state index in [1.165, 1.54) is 5.56 Å². The number of rotatable bonds is 7. The van der Waals surface area contributed by atoms with Crippen LogP contribution in [0, 0.1) is 0 Å². The van der Waals surface area contributed by atoms with Crippen LogP contribution in [0.1, 0.15) is 37.6 Å². The van der Waals surface area contributed by atoms with Crippen molar-refractivity contribution in [1.82, 2.24) is 24.6 Å². The fraction of sp³-hybridized carbons (Fsp3) is 0.550. The molecule has 7 nitrogen and oxygen atoms in total. The molecule has 0 fully saturated rings. The van der Waals surface area contributed by atoms with E-state index < -0.39 is 0 Å². The molecule has 0 atom stereocenters. The Morgan fingerprint density at radius 3 is 2.76 bits per heavy atom. The van der Waals surface area contributed by atoms with Crippen LogP contribution in [0.4, 0.5) is 0 Å². The van der Waals surface area contributed by atoms with Crippen LogP contribution in [0.2, 0.25) is 5.02 Å². The second kappa shape index (κ2) is 11.6. The van der Waals surface area contributed by atoms with Gasteiger partial charge < -0.3 is 10.2 Å². The molecule has 0 unspecified atom stereocenters. The minimum Gasteiger partial charge on any atom is -0.357 e. The molecular weight excluding hydrogens is 503 g/mol. The maximum Gasteiger partial charge on any atom is 0.345 e. The maximum absolute atomic E-state index is 12.4. The van der Waals surface area contributed by atoms with Gasteiger partial charge in [0.1, 0.15) is 5.82 Å². The standard InChI is InChI=1S/C20H29ClN6O.HI/c1-3-22-19(25(2)15-16-8-10-17(21)11-9-16)23-12-6-14-27-20(28)26-13-5-4-7-18(26)24-27;/h8-11H,3-7,12-15H2,1-2H3,(H,22,23);1H. The Kier molecular flexibility index (Phi) is 9.48. The summed E-state index contributed by atoms with van der Waals surface area (Å²) < 4.78 is 3.41. The van der Waals surface area contributed by atoms with Crippen molar-refractivity contribution < 1.29 is 0 Å². The van der Waals surface area contributed by atoms with Crippen molar-refractivity contribution in [2.24, 2.45) is 4.99 Å². The van der Waals surface area contributed by atoms with E-state index in [0.29, 0.717) is 13.1 Å². The second-order valence-corrected chi connectivity index (χ2v) is 7.54. The summed E-state index contributed by atoms with van der Waals surface area (Å²) >= 11 is 5.96. The summed E-state index contributed by atoms with van der Waals surface area (Å²) in [6.07, 6.45) is 3.86. The topological polar surface area (TPSA) is 67.5 Å².